The van der Waals surface area contributed by atoms with E-state index in [1.165, 1.54) is 0 Å². The van der Waals surface area contributed by atoms with Crippen LogP contribution in [0.3, 0.4) is 0 Å². The summed E-state index contributed by atoms with van der Waals surface area (Å²) in [6.45, 7) is 5.67. The average molecular weight is 796 g/mol. The third-order valence-electron chi connectivity index (χ3n) is 11.6. The Morgan fingerprint density at radius 1 is 0.982 bits per heavy atom. The monoisotopic (exact) mass is 795 g/mol. The Morgan fingerprint density at radius 3 is 2.35 bits per heavy atom. The first kappa shape index (κ1) is 39.5. The summed E-state index contributed by atoms with van der Waals surface area (Å²) in [7, 11) is -3.10. The standard InChI is InChI=1S/C39H46ClN3O11Si/c1-20-35(55(2,3)52)29(16-30(45)42-18-23-7-5-4-6-22(23)14-26(42)19-44)54-39(20)27-15-24(40)10-13-28(27)43(38(39)51)17-21-8-11-25(12-9-21)41-36(49)34-32(47)31(46)33(48)37(50)53-34/h4-13,15,20,26,29,31-35,37,44,46-48,50,52H,14,16-19H2,1-3H3,(H,41,49)/t20-,26+,29+,31+,32+,33-,34+,35-,37-,39+/m1/s1. The Bertz CT molecular complexity index is 1960. The van der Waals surface area contributed by atoms with E-state index in [9.17, 15) is 44.7 Å². The van der Waals surface area contributed by atoms with Crippen LogP contribution in [0.25, 0.3) is 0 Å². The Kier molecular flexibility index (Phi) is 10.7. The highest BCUT2D eigenvalue weighted by Crippen LogP contribution is 2.60. The van der Waals surface area contributed by atoms with Gasteiger partial charge in [-0.05, 0) is 66.5 Å². The van der Waals surface area contributed by atoms with Gasteiger partial charge in [0.2, 0.25) is 5.91 Å². The van der Waals surface area contributed by atoms with Crippen LogP contribution in [0.4, 0.5) is 11.4 Å². The van der Waals surface area contributed by atoms with Crippen LogP contribution in [0, 0.1) is 5.92 Å². The van der Waals surface area contributed by atoms with Gasteiger partial charge in [0.25, 0.3) is 11.8 Å². The molecule has 3 aromatic carbocycles. The number of benzene rings is 3. The molecule has 16 heteroatoms. The number of ether oxygens (including phenoxy) is 2. The van der Waals surface area contributed by atoms with Gasteiger partial charge in [0.15, 0.2) is 26.3 Å². The summed E-state index contributed by atoms with van der Waals surface area (Å²) >= 11 is 6.55. The molecule has 0 bridgehead atoms. The van der Waals surface area contributed by atoms with Crippen molar-refractivity contribution in [1.29, 1.82) is 0 Å². The lowest BCUT2D eigenvalue weighted by atomic mass is 9.82. The summed E-state index contributed by atoms with van der Waals surface area (Å²) in [4.78, 5) is 56.8. The van der Waals surface area contributed by atoms with Gasteiger partial charge in [0.05, 0.1) is 37.4 Å². The number of anilines is 2. The Labute approximate surface area is 324 Å². The largest absolute Gasteiger partial charge is 0.432 e. The zero-order valence-corrected chi connectivity index (χ0v) is 32.3. The molecule has 7 rings (SSSR count). The smallest absolute Gasteiger partial charge is 0.264 e. The fourth-order valence-electron chi connectivity index (χ4n) is 8.91. The zero-order chi connectivity index (χ0) is 39.6. The first-order chi connectivity index (χ1) is 26.0. The van der Waals surface area contributed by atoms with Crippen LogP contribution in [0.1, 0.15) is 35.6 Å². The molecule has 2 fully saturated rings. The van der Waals surface area contributed by atoms with E-state index in [-0.39, 0.29) is 31.4 Å². The SMILES string of the molecule is C[C@@H]1[C@@H]([Si](C)(C)O)[C@H](CC(=O)N2Cc3ccccc3C[C@H]2CO)O[C@@]12C(=O)N(Cc1ccc(NC(=O)[C@H]3O[C@@H](O)[C@H](O)[C@@H](O)[C@@H]3O)cc1)c1ccc(Cl)cc12. The lowest BCUT2D eigenvalue weighted by Crippen LogP contribution is -2.60. The maximum absolute atomic E-state index is 14.9. The minimum absolute atomic E-state index is 0.0931. The van der Waals surface area contributed by atoms with Crippen LogP contribution in [0.15, 0.2) is 66.7 Å². The number of carbonyl (C=O) groups excluding carboxylic acids is 3. The van der Waals surface area contributed by atoms with Gasteiger partial charge in [0.1, 0.15) is 18.3 Å². The second kappa shape index (κ2) is 15.0. The zero-order valence-electron chi connectivity index (χ0n) is 30.6. The maximum Gasteiger partial charge on any atom is 0.264 e. The van der Waals surface area contributed by atoms with Crippen molar-refractivity contribution in [1.82, 2.24) is 4.90 Å². The number of amides is 3. The predicted octanol–water partition coefficient (Wildman–Crippen LogP) is 1.76. The van der Waals surface area contributed by atoms with Crippen molar-refractivity contribution >= 4 is 49.0 Å². The van der Waals surface area contributed by atoms with E-state index in [2.05, 4.69) is 5.32 Å². The molecule has 4 aliphatic heterocycles. The van der Waals surface area contributed by atoms with E-state index >= 15 is 0 Å². The van der Waals surface area contributed by atoms with E-state index in [1.807, 2.05) is 31.2 Å². The van der Waals surface area contributed by atoms with Crippen molar-refractivity contribution in [3.63, 3.8) is 0 Å². The summed E-state index contributed by atoms with van der Waals surface area (Å²) in [5.74, 6) is -2.00. The molecule has 4 aliphatic rings. The maximum atomic E-state index is 14.9. The normalized spacial score (nSPS) is 31.7. The molecule has 0 radical (unpaired) electrons. The summed E-state index contributed by atoms with van der Waals surface area (Å²) in [6.07, 6.45) is -9.26. The second-order valence-electron chi connectivity index (χ2n) is 15.6. The molecule has 0 aliphatic carbocycles. The number of rotatable bonds is 8. The molecule has 3 aromatic rings. The summed E-state index contributed by atoms with van der Waals surface area (Å²) < 4.78 is 11.9. The second-order valence-corrected chi connectivity index (χ2v) is 20.0. The minimum atomic E-state index is -3.10. The van der Waals surface area contributed by atoms with Crippen molar-refractivity contribution in [2.45, 2.75) is 99.9 Å². The fourth-order valence-corrected chi connectivity index (χ4v) is 11.6. The molecule has 10 atom stereocenters. The molecule has 0 saturated carbocycles. The molecule has 0 unspecified atom stereocenters. The van der Waals surface area contributed by atoms with Gasteiger partial charge in [-0.2, -0.15) is 0 Å². The number of fused-ring (bicyclic) bond motifs is 3. The Morgan fingerprint density at radius 2 is 1.67 bits per heavy atom. The van der Waals surface area contributed by atoms with Gasteiger partial charge in [0, 0.05) is 34.3 Å². The van der Waals surface area contributed by atoms with Crippen LogP contribution in [-0.2, 0) is 49.0 Å². The number of aliphatic hydroxyl groups is 5. The number of halogens is 1. The minimum Gasteiger partial charge on any atom is -0.432 e. The Hall–Kier alpha value is -3.74. The predicted molar refractivity (Wildman–Crippen MR) is 202 cm³/mol. The summed E-state index contributed by atoms with van der Waals surface area (Å²) in [6, 6.07) is 19.1. The lowest BCUT2D eigenvalue weighted by molar-refractivity contribution is -0.274. The molecule has 7 N–H and O–H groups in total. The number of hydrogen-bond acceptors (Lipinski definition) is 11. The summed E-state index contributed by atoms with van der Waals surface area (Å²) in [5, 5.41) is 53.0. The topological polar surface area (TPSA) is 210 Å². The van der Waals surface area contributed by atoms with E-state index in [0.717, 1.165) is 11.1 Å². The molecule has 1 spiro atoms. The third-order valence-corrected chi connectivity index (χ3v) is 14.4. The van der Waals surface area contributed by atoms with Crippen LogP contribution in [-0.4, -0.2) is 111 Å². The van der Waals surface area contributed by atoms with Crippen molar-refractivity contribution in [3.05, 3.63) is 94.0 Å². The number of nitrogens with one attached hydrogen (secondary N) is 1. The van der Waals surface area contributed by atoms with Gasteiger partial charge in [-0.1, -0.05) is 54.9 Å². The fraction of sp³-hybridized carbons (Fsp3) is 0.462. The highest BCUT2D eigenvalue weighted by atomic mass is 35.5. The van der Waals surface area contributed by atoms with Crippen LogP contribution in [0.5, 0.6) is 0 Å². The summed E-state index contributed by atoms with van der Waals surface area (Å²) in [5.41, 5.74) is 2.11. The van der Waals surface area contributed by atoms with Gasteiger partial charge in [-0.15, -0.1) is 0 Å². The van der Waals surface area contributed by atoms with E-state index < -0.39 is 74.1 Å². The quantitative estimate of drug-likeness (QED) is 0.164. The van der Waals surface area contributed by atoms with Crippen LogP contribution >= 0.6 is 11.6 Å². The van der Waals surface area contributed by atoms with Crippen molar-refractivity contribution in [3.8, 4) is 0 Å². The third kappa shape index (κ3) is 7.00. The van der Waals surface area contributed by atoms with E-state index in [4.69, 9.17) is 21.1 Å². The average Bonchev–Trinajstić information content (AvgIpc) is 3.57. The van der Waals surface area contributed by atoms with E-state index in [1.54, 1.807) is 65.4 Å². The molecule has 3 amide bonds. The number of carbonyl (C=O) groups is 3. The van der Waals surface area contributed by atoms with Crippen molar-refractivity contribution in [2.24, 2.45) is 5.92 Å². The molecule has 55 heavy (non-hydrogen) atoms. The number of hydrogen-bond donors (Lipinski definition) is 7. The van der Waals surface area contributed by atoms with Crippen LogP contribution < -0.4 is 10.2 Å². The highest BCUT2D eigenvalue weighted by Gasteiger charge is 2.66. The number of nitrogens with zero attached hydrogens (tertiary/aromatic N) is 2. The van der Waals surface area contributed by atoms with Gasteiger partial charge in [-0.25, -0.2) is 0 Å². The lowest BCUT2D eigenvalue weighted by Gasteiger charge is -2.37. The Balaban J connectivity index is 1.13. The van der Waals surface area contributed by atoms with Crippen LogP contribution in [0.2, 0.25) is 23.7 Å². The van der Waals surface area contributed by atoms with Gasteiger partial charge < -0.3 is 54.9 Å². The first-order valence-electron chi connectivity index (χ1n) is 18.3. The number of aliphatic hydroxyl groups excluding tert-OH is 5. The molecule has 0 aromatic heterocycles. The molecule has 294 valence electrons. The first-order valence-corrected chi connectivity index (χ1v) is 21.7. The van der Waals surface area contributed by atoms with Gasteiger partial charge >= 0.3 is 0 Å². The van der Waals surface area contributed by atoms with Crippen molar-refractivity contribution < 1.29 is 54.2 Å². The van der Waals surface area contributed by atoms with E-state index in [0.29, 0.717) is 40.5 Å². The molecule has 14 nitrogen and oxygen atoms in total. The molecular weight excluding hydrogens is 750 g/mol. The molecule has 2 saturated heterocycles. The molecular formula is C39H46ClN3O11Si. The molecule has 4 heterocycles. The van der Waals surface area contributed by atoms with Gasteiger partial charge in [-0.3, -0.25) is 14.4 Å². The van der Waals surface area contributed by atoms with Crippen molar-refractivity contribution in [2.75, 3.05) is 16.8 Å². The highest BCUT2D eigenvalue weighted by molar-refractivity contribution is 6.71.